The molecule has 0 saturated carbocycles. The van der Waals surface area contributed by atoms with Crippen molar-refractivity contribution in [3.05, 3.63) is 35.9 Å². The van der Waals surface area contributed by atoms with Crippen LogP contribution in [0.3, 0.4) is 0 Å². The zero-order valence-electron chi connectivity index (χ0n) is 8.28. The van der Waals surface area contributed by atoms with Crippen molar-refractivity contribution in [2.24, 2.45) is 0 Å². The summed E-state index contributed by atoms with van der Waals surface area (Å²) in [6, 6.07) is 4.29. The van der Waals surface area contributed by atoms with E-state index < -0.39 is 0 Å². The average Bonchev–Trinajstić information content (AvgIpc) is 2.47. The van der Waals surface area contributed by atoms with Gasteiger partial charge in [-0.3, -0.25) is 0 Å². The van der Waals surface area contributed by atoms with Crippen LogP contribution in [0.5, 0.6) is 0 Å². The highest BCUT2D eigenvalue weighted by atomic mass is 15.0. The first-order valence-electron chi connectivity index (χ1n) is 4.62. The molecule has 0 bridgehead atoms. The van der Waals surface area contributed by atoms with E-state index in [1.54, 1.807) is 0 Å². The van der Waals surface area contributed by atoms with E-state index in [1.165, 1.54) is 11.1 Å². The molecule has 0 aromatic carbocycles. The molecule has 0 amide bonds. The van der Waals surface area contributed by atoms with Gasteiger partial charge < -0.3 is 4.40 Å². The maximum absolute atomic E-state index is 4.26. The Bertz CT molecular complexity index is 427. The van der Waals surface area contributed by atoms with Crippen LogP contribution in [0.4, 0.5) is 0 Å². The second-order valence-corrected chi connectivity index (χ2v) is 3.72. The minimum absolute atomic E-state index is 0.575. The van der Waals surface area contributed by atoms with E-state index in [2.05, 4.69) is 41.6 Å². The van der Waals surface area contributed by atoms with E-state index in [-0.39, 0.29) is 0 Å². The van der Waals surface area contributed by atoms with E-state index in [0.29, 0.717) is 5.92 Å². The predicted molar refractivity (Wildman–Crippen MR) is 54.0 cm³/mol. The van der Waals surface area contributed by atoms with Gasteiger partial charge in [-0.15, -0.1) is 0 Å². The fourth-order valence-electron chi connectivity index (χ4n) is 1.48. The third-order valence-corrected chi connectivity index (χ3v) is 2.40. The van der Waals surface area contributed by atoms with Crippen LogP contribution in [0, 0.1) is 6.92 Å². The Balaban J connectivity index is 2.66. The number of pyridine rings is 1. The molecule has 0 aliphatic carbocycles. The summed E-state index contributed by atoms with van der Waals surface area (Å²) < 4.78 is 2.13. The fraction of sp³-hybridized carbons (Fsp3) is 0.364. The van der Waals surface area contributed by atoms with Crippen molar-refractivity contribution < 1.29 is 0 Å². The van der Waals surface area contributed by atoms with Crippen molar-refractivity contribution in [3.63, 3.8) is 0 Å². The molecule has 2 rings (SSSR count). The van der Waals surface area contributed by atoms with Gasteiger partial charge in [0, 0.05) is 6.20 Å². The predicted octanol–water partition coefficient (Wildman–Crippen LogP) is 2.77. The van der Waals surface area contributed by atoms with Gasteiger partial charge in [-0.25, -0.2) is 4.98 Å². The van der Waals surface area contributed by atoms with E-state index >= 15 is 0 Å². The maximum atomic E-state index is 4.26. The molecule has 68 valence electrons. The molecule has 0 atom stereocenters. The molecule has 0 unspecified atom stereocenters. The Morgan fingerprint density at radius 3 is 2.77 bits per heavy atom. The number of imidazole rings is 1. The first kappa shape index (κ1) is 8.30. The van der Waals surface area contributed by atoms with Crippen molar-refractivity contribution in [2.75, 3.05) is 0 Å². The van der Waals surface area contributed by atoms with Crippen LogP contribution >= 0.6 is 0 Å². The van der Waals surface area contributed by atoms with Crippen molar-refractivity contribution in [2.45, 2.75) is 26.7 Å². The van der Waals surface area contributed by atoms with Crippen LogP contribution in [0.2, 0.25) is 0 Å². The van der Waals surface area contributed by atoms with E-state index in [4.69, 9.17) is 0 Å². The minimum atomic E-state index is 0.575. The Morgan fingerprint density at radius 2 is 2.08 bits per heavy atom. The van der Waals surface area contributed by atoms with E-state index in [0.717, 1.165) is 5.82 Å². The summed E-state index contributed by atoms with van der Waals surface area (Å²) in [6.07, 6.45) is 4.07. The molecule has 0 radical (unpaired) electrons. The smallest absolute Gasteiger partial charge is 0.110 e. The van der Waals surface area contributed by atoms with Crippen LogP contribution in [0.25, 0.3) is 5.52 Å². The molecule has 0 aliphatic rings. The Labute approximate surface area is 78.2 Å². The fourth-order valence-corrected chi connectivity index (χ4v) is 1.48. The molecule has 0 aliphatic heterocycles. The molecule has 2 heteroatoms. The summed E-state index contributed by atoms with van der Waals surface area (Å²) in [7, 11) is 0. The quantitative estimate of drug-likeness (QED) is 0.649. The lowest BCUT2D eigenvalue weighted by Crippen LogP contribution is -1.93. The van der Waals surface area contributed by atoms with Crippen LogP contribution in [-0.2, 0) is 0 Å². The molecule has 0 fully saturated rings. The molecular weight excluding hydrogens is 160 g/mol. The largest absolute Gasteiger partial charge is 0.304 e. The topological polar surface area (TPSA) is 17.3 Å². The van der Waals surface area contributed by atoms with E-state index in [9.17, 15) is 0 Å². The van der Waals surface area contributed by atoms with Gasteiger partial charge in [0.2, 0.25) is 0 Å². The van der Waals surface area contributed by atoms with Gasteiger partial charge in [0.1, 0.15) is 5.82 Å². The normalized spacial score (nSPS) is 11.4. The van der Waals surface area contributed by atoms with Gasteiger partial charge in [-0.05, 0) is 24.5 Å². The molecule has 0 saturated heterocycles. The summed E-state index contributed by atoms with van der Waals surface area (Å²) in [5.41, 5.74) is 2.52. The van der Waals surface area contributed by atoms with Gasteiger partial charge >= 0.3 is 0 Å². The average molecular weight is 174 g/mol. The standard InChI is InChI=1S/C11H14N2/c1-8(2)10-4-5-11-6-12-9(3)13(11)7-10/h4-8H,1-3H3. The second kappa shape index (κ2) is 2.87. The summed E-state index contributed by atoms with van der Waals surface area (Å²) in [6.45, 7) is 6.43. The van der Waals surface area contributed by atoms with Crippen molar-refractivity contribution >= 4 is 5.52 Å². The molecule has 0 N–H and O–H groups in total. The summed E-state index contributed by atoms with van der Waals surface area (Å²) >= 11 is 0. The monoisotopic (exact) mass is 174 g/mol. The molecule has 2 heterocycles. The Morgan fingerprint density at radius 1 is 1.31 bits per heavy atom. The Kier molecular flexibility index (Phi) is 1.83. The third kappa shape index (κ3) is 1.32. The number of aromatic nitrogens is 2. The highest BCUT2D eigenvalue weighted by Gasteiger charge is 2.02. The highest BCUT2D eigenvalue weighted by Crippen LogP contribution is 2.16. The number of hydrogen-bond acceptors (Lipinski definition) is 1. The SMILES string of the molecule is Cc1ncc2ccc(C(C)C)cn12. The van der Waals surface area contributed by atoms with Gasteiger partial charge in [-0.1, -0.05) is 19.9 Å². The van der Waals surface area contributed by atoms with Crippen LogP contribution in [0.15, 0.2) is 24.5 Å². The zero-order valence-corrected chi connectivity index (χ0v) is 8.28. The number of nitrogens with zero attached hydrogens (tertiary/aromatic N) is 2. The highest BCUT2D eigenvalue weighted by molar-refractivity contribution is 5.47. The van der Waals surface area contributed by atoms with Gasteiger partial charge in [0.05, 0.1) is 11.7 Å². The number of hydrogen-bond donors (Lipinski definition) is 0. The first-order valence-corrected chi connectivity index (χ1v) is 4.62. The van der Waals surface area contributed by atoms with E-state index in [1.807, 2.05) is 13.1 Å². The van der Waals surface area contributed by atoms with Crippen molar-refractivity contribution in [1.82, 2.24) is 9.38 Å². The van der Waals surface area contributed by atoms with Gasteiger partial charge in [-0.2, -0.15) is 0 Å². The summed E-state index contributed by atoms with van der Waals surface area (Å²) in [5, 5.41) is 0. The van der Waals surface area contributed by atoms with Crippen molar-refractivity contribution in [1.29, 1.82) is 0 Å². The lowest BCUT2D eigenvalue weighted by Gasteiger charge is -2.06. The molecule has 2 aromatic rings. The van der Waals surface area contributed by atoms with Crippen molar-refractivity contribution in [3.8, 4) is 0 Å². The minimum Gasteiger partial charge on any atom is -0.304 e. The number of fused-ring (bicyclic) bond motifs is 1. The summed E-state index contributed by atoms with van der Waals surface area (Å²) in [4.78, 5) is 4.26. The van der Waals surface area contributed by atoms with Crippen LogP contribution in [-0.4, -0.2) is 9.38 Å². The lowest BCUT2D eigenvalue weighted by molar-refractivity contribution is 0.849. The third-order valence-electron chi connectivity index (χ3n) is 2.40. The zero-order chi connectivity index (χ0) is 9.42. The van der Waals surface area contributed by atoms with Crippen LogP contribution in [0.1, 0.15) is 31.2 Å². The number of aryl methyl sites for hydroxylation is 1. The number of rotatable bonds is 1. The first-order chi connectivity index (χ1) is 6.18. The maximum Gasteiger partial charge on any atom is 0.110 e. The molecule has 13 heavy (non-hydrogen) atoms. The van der Waals surface area contributed by atoms with Gasteiger partial charge in [0.15, 0.2) is 0 Å². The molecular formula is C11H14N2. The molecule has 0 spiro atoms. The Hall–Kier alpha value is -1.31. The molecule has 2 nitrogen and oxygen atoms in total. The van der Waals surface area contributed by atoms with Gasteiger partial charge in [0.25, 0.3) is 0 Å². The summed E-state index contributed by atoms with van der Waals surface area (Å²) in [5.74, 6) is 1.63. The second-order valence-electron chi connectivity index (χ2n) is 3.72. The molecule has 2 aromatic heterocycles. The lowest BCUT2D eigenvalue weighted by atomic mass is 10.1. The van der Waals surface area contributed by atoms with Crippen LogP contribution < -0.4 is 0 Å².